The van der Waals surface area contributed by atoms with E-state index >= 15 is 0 Å². The van der Waals surface area contributed by atoms with Gasteiger partial charge in [-0.05, 0) is 19.4 Å². The van der Waals surface area contributed by atoms with E-state index in [0.29, 0.717) is 0 Å². The molecule has 0 saturated heterocycles. The van der Waals surface area contributed by atoms with E-state index in [2.05, 4.69) is 38.8 Å². The number of likely N-dealkylation sites (N-methyl/N-ethyl adjacent to an activating group) is 1. The molecular weight excluding hydrogens is 158 g/mol. The van der Waals surface area contributed by atoms with Crippen LogP contribution in [0, 0.1) is 0 Å². The van der Waals surface area contributed by atoms with Gasteiger partial charge in [0, 0.05) is 13.1 Å². The van der Waals surface area contributed by atoms with Gasteiger partial charge in [0.1, 0.15) is 0 Å². The summed E-state index contributed by atoms with van der Waals surface area (Å²) in [6.07, 6.45) is 2.16. The van der Waals surface area contributed by atoms with Gasteiger partial charge in [-0.1, -0.05) is 45.1 Å². The zero-order valence-electron chi connectivity index (χ0n) is 9.40. The first-order valence-electron chi connectivity index (χ1n) is 5.19. The van der Waals surface area contributed by atoms with E-state index in [-0.39, 0.29) is 0 Å². The van der Waals surface area contributed by atoms with E-state index < -0.39 is 0 Å². The molecule has 0 aromatic rings. The van der Waals surface area contributed by atoms with Crippen molar-refractivity contribution in [1.82, 2.24) is 4.90 Å². The molecule has 0 aliphatic rings. The zero-order chi connectivity index (χ0) is 10.3. The largest absolute Gasteiger partial charge is 0.296 e. The summed E-state index contributed by atoms with van der Waals surface area (Å²) in [5, 5.41) is 0. The van der Waals surface area contributed by atoms with Crippen molar-refractivity contribution in [2.45, 2.75) is 33.6 Å². The second-order valence-electron chi connectivity index (χ2n) is 3.51. The molecule has 0 atom stereocenters. The van der Waals surface area contributed by atoms with Crippen molar-refractivity contribution in [3.05, 3.63) is 24.3 Å². The predicted octanol–water partition coefficient (Wildman–Crippen LogP) is 3.24. The van der Waals surface area contributed by atoms with Crippen LogP contribution in [0.25, 0.3) is 0 Å². The normalized spacial score (nSPS) is 10.5. The minimum Gasteiger partial charge on any atom is -0.296 e. The Bertz CT molecular complexity index is 152. The summed E-state index contributed by atoms with van der Waals surface area (Å²) >= 11 is 0. The summed E-state index contributed by atoms with van der Waals surface area (Å²) in [7, 11) is 0. The van der Waals surface area contributed by atoms with Gasteiger partial charge in [0.05, 0.1) is 0 Å². The Morgan fingerprint density at radius 1 is 0.923 bits per heavy atom. The van der Waals surface area contributed by atoms with E-state index in [0.717, 1.165) is 32.5 Å². The van der Waals surface area contributed by atoms with Crippen LogP contribution in [0.15, 0.2) is 24.3 Å². The summed E-state index contributed by atoms with van der Waals surface area (Å²) in [6, 6.07) is 0. The lowest BCUT2D eigenvalue weighted by Gasteiger charge is -2.21. The third-order valence-corrected chi connectivity index (χ3v) is 2.34. The third-order valence-electron chi connectivity index (χ3n) is 2.34. The summed E-state index contributed by atoms with van der Waals surface area (Å²) in [5.74, 6) is 0. The smallest absolute Gasteiger partial charge is 0.0193 e. The Morgan fingerprint density at radius 2 is 1.31 bits per heavy atom. The molecule has 0 aliphatic heterocycles. The second-order valence-corrected chi connectivity index (χ2v) is 3.51. The maximum Gasteiger partial charge on any atom is 0.0193 e. The van der Waals surface area contributed by atoms with Crippen LogP contribution >= 0.6 is 0 Å². The molecule has 0 unspecified atom stereocenters. The van der Waals surface area contributed by atoms with Crippen molar-refractivity contribution in [3.8, 4) is 0 Å². The van der Waals surface area contributed by atoms with Gasteiger partial charge in [0.25, 0.3) is 0 Å². The molecule has 0 saturated carbocycles. The van der Waals surface area contributed by atoms with Crippen molar-refractivity contribution in [2.24, 2.45) is 0 Å². The van der Waals surface area contributed by atoms with Crippen molar-refractivity contribution in [1.29, 1.82) is 0 Å². The Kier molecular flexibility index (Phi) is 6.61. The molecule has 0 aromatic heterocycles. The molecule has 0 spiro atoms. The van der Waals surface area contributed by atoms with Gasteiger partial charge < -0.3 is 0 Å². The molecule has 0 rings (SSSR count). The maximum absolute atomic E-state index is 4.02. The highest BCUT2D eigenvalue weighted by Gasteiger charge is 2.03. The van der Waals surface area contributed by atoms with Crippen LogP contribution in [0.1, 0.15) is 33.6 Å². The molecular formula is C12H23N. The van der Waals surface area contributed by atoms with Crippen LogP contribution < -0.4 is 0 Å². The van der Waals surface area contributed by atoms with Crippen LogP contribution in [0.3, 0.4) is 0 Å². The van der Waals surface area contributed by atoms with Crippen LogP contribution in [0.5, 0.6) is 0 Å². The average Bonchev–Trinajstić information content (AvgIpc) is 2.16. The minimum atomic E-state index is 1.02. The molecule has 0 heterocycles. The van der Waals surface area contributed by atoms with E-state index in [1.807, 2.05) is 0 Å². The van der Waals surface area contributed by atoms with E-state index in [1.54, 1.807) is 0 Å². The Labute approximate surface area is 83.1 Å². The van der Waals surface area contributed by atoms with Crippen LogP contribution in [-0.4, -0.2) is 24.5 Å². The first kappa shape index (κ1) is 12.4. The standard InChI is InChI=1S/C12H23N/c1-6-11(4)9-13(8-3)10-12(5)7-2/h4-10H2,1-3H3. The fourth-order valence-corrected chi connectivity index (χ4v) is 1.14. The predicted molar refractivity (Wildman–Crippen MR) is 61.0 cm³/mol. The van der Waals surface area contributed by atoms with Crippen LogP contribution in [0.4, 0.5) is 0 Å². The topological polar surface area (TPSA) is 3.24 Å². The molecule has 0 fully saturated rings. The highest BCUT2D eigenvalue weighted by Crippen LogP contribution is 2.05. The number of rotatable bonds is 7. The lowest BCUT2D eigenvalue weighted by atomic mass is 10.2. The van der Waals surface area contributed by atoms with Gasteiger partial charge in [-0.25, -0.2) is 0 Å². The Hall–Kier alpha value is -0.560. The Balaban J connectivity index is 3.89. The molecule has 0 radical (unpaired) electrons. The van der Waals surface area contributed by atoms with Gasteiger partial charge in [0.2, 0.25) is 0 Å². The maximum atomic E-state index is 4.02. The highest BCUT2D eigenvalue weighted by molar-refractivity contribution is 5.01. The first-order chi connectivity index (χ1) is 6.13. The van der Waals surface area contributed by atoms with Gasteiger partial charge in [-0.2, -0.15) is 0 Å². The molecule has 13 heavy (non-hydrogen) atoms. The fourth-order valence-electron chi connectivity index (χ4n) is 1.14. The molecule has 1 nitrogen and oxygen atoms in total. The van der Waals surface area contributed by atoms with Crippen LogP contribution in [0.2, 0.25) is 0 Å². The molecule has 0 bridgehead atoms. The highest BCUT2D eigenvalue weighted by atomic mass is 15.1. The molecule has 1 heteroatoms. The van der Waals surface area contributed by atoms with Gasteiger partial charge in [-0.3, -0.25) is 4.90 Å². The van der Waals surface area contributed by atoms with Crippen molar-refractivity contribution in [3.63, 3.8) is 0 Å². The van der Waals surface area contributed by atoms with Crippen molar-refractivity contribution in [2.75, 3.05) is 19.6 Å². The minimum absolute atomic E-state index is 1.02. The van der Waals surface area contributed by atoms with Crippen molar-refractivity contribution < 1.29 is 0 Å². The van der Waals surface area contributed by atoms with E-state index in [4.69, 9.17) is 0 Å². The van der Waals surface area contributed by atoms with Gasteiger partial charge in [-0.15, -0.1) is 0 Å². The fraction of sp³-hybridized carbons (Fsp3) is 0.667. The average molecular weight is 181 g/mol. The SMILES string of the molecule is C=C(CC)CN(CC)CC(=C)CC. The number of hydrogen-bond donors (Lipinski definition) is 0. The summed E-state index contributed by atoms with van der Waals surface area (Å²) < 4.78 is 0. The molecule has 0 amide bonds. The molecule has 0 aromatic carbocycles. The van der Waals surface area contributed by atoms with Crippen LogP contribution in [-0.2, 0) is 0 Å². The zero-order valence-corrected chi connectivity index (χ0v) is 9.40. The lowest BCUT2D eigenvalue weighted by molar-refractivity contribution is 0.334. The Morgan fingerprint density at radius 3 is 1.54 bits per heavy atom. The van der Waals surface area contributed by atoms with Crippen molar-refractivity contribution >= 4 is 0 Å². The number of nitrogens with zero attached hydrogens (tertiary/aromatic N) is 1. The van der Waals surface area contributed by atoms with Gasteiger partial charge >= 0.3 is 0 Å². The summed E-state index contributed by atoms with van der Waals surface area (Å²) in [4.78, 5) is 2.39. The lowest BCUT2D eigenvalue weighted by Crippen LogP contribution is -2.27. The summed E-state index contributed by atoms with van der Waals surface area (Å²) in [5.41, 5.74) is 2.62. The second kappa shape index (κ2) is 6.90. The monoisotopic (exact) mass is 181 g/mol. The van der Waals surface area contributed by atoms with Gasteiger partial charge in [0.15, 0.2) is 0 Å². The molecule has 0 aliphatic carbocycles. The third kappa shape index (κ3) is 5.64. The number of hydrogen-bond acceptors (Lipinski definition) is 1. The van der Waals surface area contributed by atoms with E-state index in [1.165, 1.54) is 11.1 Å². The molecule has 0 N–H and O–H groups in total. The quantitative estimate of drug-likeness (QED) is 0.545. The molecule has 76 valence electrons. The van der Waals surface area contributed by atoms with E-state index in [9.17, 15) is 0 Å². The summed E-state index contributed by atoms with van der Waals surface area (Å²) in [6.45, 7) is 17.7. The first-order valence-corrected chi connectivity index (χ1v) is 5.19.